The van der Waals surface area contributed by atoms with Gasteiger partial charge >= 0.3 is 6.03 Å². The summed E-state index contributed by atoms with van der Waals surface area (Å²) in [5.74, 6) is 0.730. The van der Waals surface area contributed by atoms with Crippen molar-refractivity contribution in [3.8, 4) is 0 Å². The zero-order valence-electron chi connectivity index (χ0n) is 15.6. The molecule has 0 spiro atoms. The molecular formula is C18H31N5O2. The molecule has 0 radical (unpaired) electrons. The summed E-state index contributed by atoms with van der Waals surface area (Å²) < 4.78 is 1.95. The van der Waals surface area contributed by atoms with Crippen LogP contribution in [0.4, 0.5) is 4.79 Å². The van der Waals surface area contributed by atoms with Crippen molar-refractivity contribution in [2.75, 3.05) is 19.6 Å². The van der Waals surface area contributed by atoms with E-state index >= 15 is 0 Å². The van der Waals surface area contributed by atoms with Crippen LogP contribution >= 0.6 is 0 Å². The van der Waals surface area contributed by atoms with Gasteiger partial charge in [-0.15, -0.1) is 0 Å². The number of likely N-dealkylation sites (tertiary alicyclic amines) is 1. The van der Waals surface area contributed by atoms with Gasteiger partial charge < -0.3 is 20.1 Å². The molecular weight excluding hydrogens is 318 g/mol. The Morgan fingerprint density at radius 3 is 2.80 bits per heavy atom. The molecule has 1 saturated heterocycles. The lowest BCUT2D eigenvalue weighted by atomic mass is 9.94. The van der Waals surface area contributed by atoms with E-state index in [1.165, 1.54) is 0 Å². The Hall–Kier alpha value is -2.05. The Labute approximate surface area is 150 Å². The van der Waals surface area contributed by atoms with Crippen LogP contribution in [0.2, 0.25) is 0 Å². The highest BCUT2D eigenvalue weighted by Gasteiger charge is 2.25. The standard InChI is InChI=1S/C18H31N5O2/c1-14(2)10-20-18(25)23-7-4-5-16(12-23)9-17(24)21-15(3)11-22-8-6-19-13-22/h6,8,13-16H,4-5,7,9-12H2,1-3H3,(H,20,25)(H,21,24)/t15-,16-/m0/s1. The second kappa shape index (κ2) is 9.44. The molecule has 0 unspecified atom stereocenters. The van der Waals surface area contributed by atoms with Crippen molar-refractivity contribution in [3.63, 3.8) is 0 Å². The molecule has 0 saturated carbocycles. The van der Waals surface area contributed by atoms with Gasteiger partial charge in [-0.25, -0.2) is 9.78 Å². The molecule has 3 amide bonds. The van der Waals surface area contributed by atoms with E-state index in [-0.39, 0.29) is 23.9 Å². The molecule has 2 atom stereocenters. The molecule has 2 rings (SSSR count). The van der Waals surface area contributed by atoms with Crippen molar-refractivity contribution >= 4 is 11.9 Å². The maximum absolute atomic E-state index is 12.3. The quantitative estimate of drug-likeness (QED) is 0.788. The van der Waals surface area contributed by atoms with Crippen LogP contribution in [0.3, 0.4) is 0 Å². The fourth-order valence-corrected chi connectivity index (χ4v) is 3.17. The van der Waals surface area contributed by atoms with Gasteiger partial charge in [0.1, 0.15) is 0 Å². The first-order chi connectivity index (χ1) is 11.9. The Morgan fingerprint density at radius 2 is 2.12 bits per heavy atom. The average molecular weight is 349 g/mol. The van der Waals surface area contributed by atoms with E-state index in [1.807, 2.05) is 22.6 Å². The van der Waals surface area contributed by atoms with Crippen molar-refractivity contribution in [1.29, 1.82) is 0 Å². The van der Waals surface area contributed by atoms with E-state index in [4.69, 9.17) is 0 Å². The number of carbonyl (C=O) groups is 2. The zero-order chi connectivity index (χ0) is 18.2. The zero-order valence-corrected chi connectivity index (χ0v) is 15.6. The molecule has 140 valence electrons. The number of piperidine rings is 1. The SMILES string of the molecule is CC(C)CNC(=O)N1CCC[C@@H](CC(=O)N[C@@H](C)Cn2ccnc2)C1. The lowest BCUT2D eigenvalue weighted by Gasteiger charge is -2.33. The van der Waals surface area contributed by atoms with Crippen LogP contribution in [0.25, 0.3) is 0 Å². The van der Waals surface area contributed by atoms with E-state index in [1.54, 1.807) is 12.5 Å². The Morgan fingerprint density at radius 1 is 1.32 bits per heavy atom. The van der Waals surface area contributed by atoms with Crippen molar-refractivity contribution in [2.24, 2.45) is 11.8 Å². The summed E-state index contributed by atoms with van der Waals surface area (Å²) in [7, 11) is 0. The van der Waals surface area contributed by atoms with Gasteiger partial charge in [-0.1, -0.05) is 13.8 Å². The van der Waals surface area contributed by atoms with Crippen LogP contribution in [-0.4, -0.2) is 52.1 Å². The number of nitrogens with zero attached hydrogens (tertiary/aromatic N) is 3. The molecule has 7 nitrogen and oxygen atoms in total. The largest absolute Gasteiger partial charge is 0.352 e. The predicted octanol–water partition coefficient (Wildman–Crippen LogP) is 1.86. The summed E-state index contributed by atoms with van der Waals surface area (Å²) in [6, 6.07) is 0.0445. The van der Waals surface area contributed by atoms with Crippen molar-refractivity contribution in [3.05, 3.63) is 18.7 Å². The highest BCUT2D eigenvalue weighted by atomic mass is 16.2. The van der Waals surface area contributed by atoms with E-state index < -0.39 is 0 Å². The Balaban J connectivity index is 1.73. The first-order valence-electron chi connectivity index (χ1n) is 9.22. The minimum atomic E-state index is -0.00714. The van der Waals surface area contributed by atoms with E-state index in [0.717, 1.165) is 19.4 Å². The molecule has 7 heteroatoms. The number of aromatic nitrogens is 2. The van der Waals surface area contributed by atoms with Crippen LogP contribution in [0.15, 0.2) is 18.7 Å². The number of imidazole rings is 1. The summed E-state index contributed by atoms with van der Waals surface area (Å²) >= 11 is 0. The first kappa shape index (κ1) is 19.3. The number of hydrogen-bond donors (Lipinski definition) is 2. The molecule has 2 heterocycles. The number of carbonyl (C=O) groups excluding carboxylic acids is 2. The van der Waals surface area contributed by atoms with Crippen molar-refractivity contribution in [1.82, 2.24) is 25.1 Å². The molecule has 2 N–H and O–H groups in total. The average Bonchev–Trinajstić information content (AvgIpc) is 3.05. The van der Waals surface area contributed by atoms with E-state index in [0.29, 0.717) is 32.0 Å². The highest BCUT2D eigenvalue weighted by molar-refractivity contribution is 5.77. The highest BCUT2D eigenvalue weighted by Crippen LogP contribution is 2.19. The molecule has 1 aliphatic rings. The minimum absolute atomic E-state index is 0.00714. The van der Waals surface area contributed by atoms with Gasteiger partial charge in [0.25, 0.3) is 0 Å². The third-order valence-electron chi connectivity index (χ3n) is 4.39. The second-order valence-corrected chi connectivity index (χ2v) is 7.47. The molecule has 1 fully saturated rings. The molecule has 1 aromatic rings. The van der Waals surface area contributed by atoms with E-state index in [9.17, 15) is 9.59 Å². The lowest BCUT2D eigenvalue weighted by Crippen LogP contribution is -2.47. The van der Waals surface area contributed by atoms with E-state index in [2.05, 4.69) is 29.5 Å². The summed E-state index contributed by atoms with van der Waals surface area (Å²) in [4.78, 5) is 30.3. The minimum Gasteiger partial charge on any atom is -0.352 e. The molecule has 0 bridgehead atoms. The van der Waals surface area contributed by atoms with Gasteiger partial charge in [-0.05, 0) is 31.6 Å². The summed E-state index contributed by atoms with van der Waals surface area (Å²) in [5.41, 5.74) is 0. The van der Waals surface area contributed by atoms with Crippen LogP contribution in [0, 0.1) is 11.8 Å². The lowest BCUT2D eigenvalue weighted by molar-refractivity contribution is -0.123. The van der Waals surface area contributed by atoms with Crippen molar-refractivity contribution in [2.45, 2.75) is 52.6 Å². The second-order valence-electron chi connectivity index (χ2n) is 7.47. The number of urea groups is 1. The van der Waals surface area contributed by atoms with Crippen LogP contribution < -0.4 is 10.6 Å². The summed E-state index contributed by atoms with van der Waals surface area (Å²) in [5, 5.41) is 6.00. The van der Waals surface area contributed by atoms with Crippen molar-refractivity contribution < 1.29 is 9.59 Å². The fourth-order valence-electron chi connectivity index (χ4n) is 3.17. The smallest absolute Gasteiger partial charge is 0.317 e. The van der Waals surface area contributed by atoms with Gasteiger partial charge in [-0.2, -0.15) is 0 Å². The monoisotopic (exact) mass is 349 g/mol. The first-order valence-corrected chi connectivity index (χ1v) is 9.22. The molecule has 0 aliphatic carbocycles. The topological polar surface area (TPSA) is 79.3 Å². The molecule has 25 heavy (non-hydrogen) atoms. The van der Waals surface area contributed by atoms with Gasteiger partial charge in [0.15, 0.2) is 0 Å². The number of amides is 3. The fraction of sp³-hybridized carbons (Fsp3) is 0.722. The van der Waals surface area contributed by atoms with Crippen LogP contribution in [-0.2, 0) is 11.3 Å². The number of hydrogen-bond acceptors (Lipinski definition) is 3. The predicted molar refractivity (Wildman–Crippen MR) is 97.0 cm³/mol. The third-order valence-corrected chi connectivity index (χ3v) is 4.39. The maximum atomic E-state index is 12.3. The Kier molecular flexibility index (Phi) is 7.28. The normalized spacial score (nSPS) is 18.9. The van der Waals surface area contributed by atoms with Gasteiger partial charge in [0, 0.05) is 51.0 Å². The number of rotatable bonds is 7. The summed E-state index contributed by atoms with van der Waals surface area (Å²) in [6.07, 6.45) is 7.79. The molecule has 1 aliphatic heterocycles. The molecule has 0 aromatic carbocycles. The van der Waals surface area contributed by atoms with Crippen LogP contribution in [0.5, 0.6) is 0 Å². The van der Waals surface area contributed by atoms with Gasteiger partial charge in [-0.3, -0.25) is 4.79 Å². The van der Waals surface area contributed by atoms with Gasteiger partial charge in [0.2, 0.25) is 5.91 Å². The Bertz CT molecular complexity index is 544. The number of nitrogens with one attached hydrogen (secondary N) is 2. The van der Waals surface area contributed by atoms with Gasteiger partial charge in [0.05, 0.1) is 6.33 Å². The van der Waals surface area contributed by atoms with Crippen LogP contribution in [0.1, 0.15) is 40.0 Å². The summed E-state index contributed by atoms with van der Waals surface area (Å²) in [6.45, 7) is 8.98. The third kappa shape index (κ3) is 6.76. The molecule has 1 aromatic heterocycles. The maximum Gasteiger partial charge on any atom is 0.317 e.